The largest absolute Gasteiger partial charge is 0.491 e. The summed E-state index contributed by atoms with van der Waals surface area (Å²) in [7, 11) is 2.43. The van der Waals surface area contributed by atoms with Gasteiger partial charge in [0, 0.05) is 0 Å². The first kappa shape index (κ1) is 11.5. The highest BCUT2D eigenvalue weighted by Crippen LogP contribution is 2.37. The van der Waals surface area contributed by atoms with E-state index in [1.807, 2.05) is 0 Å². The van der Waals surface area contributed by atoms with Crippen molar-refractivity contribution in [2.75, 3.05) is 14.2 Å². The molecule has 7 heteroatoms. The molecule has 0 aliphatic carbocycles. The Labute approximate surface area is 89.4 Å². The third-order valence-electron chi connectivity index (χ3n) is 1.62. The monoisotopic (exact) mass is 235 g/mol. The molecule has 0 aliphatic rings. The molecular formula is C8H7ClFNO4. The summed E-state index contributed by atoms with van der Waals surface area (Å²) in [6.07, 6.45) is 0. The third kappa shape index (κ3) is 1.94. The predicted octanol–water partition coefficient (Wildman–Crippen LogP) is 1.59. The molecule has 0 amide bonds. The van der Waals surface area contributed by atoms with Gasteiger partial charge in [-0.3, -0.25) is 0 Å². The van der Waals surface area contributed by atoms with Gasteiger partial charge in [-0.25, -0.2) is 9.78 Å². The summed E-state index contributed by atoms with van der Waals surface area (Å²) in [5, 5.41) is 8.31. The lowest BCUT2D eigenvalue weighted by atomic mass is 10.3. The number of carboxylic acid groups (broad SMARTS) is 1. The number of halogens is 2. The maximum Gasteiger partial charge on any atom is 0.358 e. The molecule has 0 saturated heterocycles. The molecule has 0 aliphatic heterocycles. The van der Waals surface area contributed by atoms with Gasteiger partial charge < -0.3 is 14.6 Å². The molecule has 0 saturated carbocycles. The van der Waals surface area contributed by atoms with Gasteiger partial charge in [0.25, 0.3) is 0 Å². The van der Waals surface area contributed by atoms with Gasteiger partial charge in [0.05, 0.1) is 14.2 Å². The molecule has 1 rings (SSSR count). The first-order valence-electron chi connectivity index (χ1n) is 3.73. The highest BCUT2D eigenvalue weighted by Gasteiger charge is 2.24. The minimum absolute atomic E-state index is 0.191. The van der Waals surface area contributed by atoms with E-state index in [9.17, 15) is 9.18 Å². The Bertz CT molecular complexity index is 410. The van der Waals surface area contributed by atoms with Gasteiger partial charge in [0.1, 0.15) is 5.02 Å². The summed E-state index contributed by atoms with van der Waals surface area (Å²) in [4.78, 5) is 13.9. The lowest BCUT2D eigenvalue weighted by molar-refractivity contribution is 0.0684. The molecule has 0 fully saturated rings. The number of carbonyl (C=O) groups is 1. The van der Waals surface area contributed by atoms with E-state index in [1.165, 1.54) is 14.2 Å². The number of aromatic nitrogens is 1. The molecule has 1 N–H and O–H groups in total. The van der Waals surface area contributed by atoms with Crippen molar-refractivity contribution in [3.8, 4) is 11.5 Å². The van der Waals surface area contributed by atoms with Crippen LogP contribution < -0.4 is 9.47 Å². The second-order valence-corrected chi connectivity index (χ2v) is 2.81. The van der Waals surface area contributed by atoms with E-state index in [0.717, 1.165) is 0 Å². The van der Waals surface area contributed by atoms with Crippen LogP contribution in [-0.2, 0) is 0 Å². The van der Waals surface area contributed by atoms with Crippen molar-refractivity contribution >= 4 is 17.6 Å². The van der Waals surface area contributed by atoms with Crippen molar-refractivity contribution in [3.63, 3.8) is 0 Å². The van der Waals surface area contributed by atoms with Crippen molar-refractivity contribution in [2.45, 2.75) is 0 Å². The van der Waals surface area contributed by atoms with E-state index in [-0.39, 0.29) is 11.5 Å². The number of nitrogens with zero attached hydrogens (tertiary/aromatic N) is 1. The second kappa shape index (κ2) is 4.31. The van der Waals surface area contributed by atoms with Crippen molar-refractivity contribution < 1.29 is 23.8 Å². The minimum Gasteiger partial charge on any atom is -0.491 e. The molecule has 1 heterocycles. The molecule has 5 nitrogen and oxygen atoms in total. The lowest BCUT2D eigenvalue weighted by Crippen LogP contribution is -2.08. The van der Waals surface area contributed by atoms with Gasteiger partial charge in [0.2, 0.25) is 5.95 Å². The molecule has 0 unspecified atom stereocenters. The number of hydrogen-bond acceptors (Lipinski definition) is 4. The number of aromatic carboxylic acids is 1. The third-order valence-corrected chi connectivity index (χ3v) is 1.95. The number of carboxylic acids is 1. The van der Waals surface area contributed by atoms with Crippen molar-refractivity contribution in [1.82, 2.24) is 4.98 Å². The van der Waals surface area contributed by atoms with Gasteiger partial charge in [-0.1, -0.05) is 11.6 Å². The van der Waals surface area contributed by atoms with Crippen LogP contribution in [0.2, 0.25) is 5.02 Å². The van der Waals surface area contributed by atoms with E-state index in [1.54, 1.807) is 0 Å². The second-order valence-electron chi connectivity index (χ2n) is 2.44. The van der Waals surface area contributed by atoms with Crippen molar-refractivity contribution in [1.29, 1.82) is 0 Å². The first-order chi connectivity index (χ1) is 7.02. The Morgan fingerprint density at radius 1 is 1.40 bits per heavy atom. The zero-order chi connectivity index (χ0) is 11.6. The summed E-state index contributed by atoms with van der Waals surface area (Å²) >= 11 is 5.52. The van der Waals surface area contributed by atoms with Gasteiger partial charge >= 0.3 is 5.97 Å². The maximum atomic E-state index is 13.1. The summed E-state index contributed by atoms with van der Waals surface area (Å²) in [5.74, 6) is -2.95. The quantitative estimate of drug-likeness (QED) is 0.806. The number of rotatable bonds is 3. The van der Waals surface area contributed by atoms with E-state index < -0.39 is 22.6 Å². The van der Waals surface area contributed by atoms with Crippen LogP contribution in [-0.4, -0.2) is 30.3 Å². The van der Waals surface area contributed by atoms with Gasteiger partial charge in [-0.15, -0.1) is 0 Å². The Hall–Kier alpha value is -1.56. The topological polar surface area (TPSA) is 68.7 Å². The highest BCUT2D eigenvalue weighted by molar-refractivity contribution is 6.32. The van der Waals surface area contributed by atoms with Crippen molar-refractivity contribution in [3.05, 3.63) is 16.7 Å². The minimum atomic E-state index is -1.43. The Kier molecular flexibility index (Phi) is 3.31. The number of hydrogen-bond donors (Lipinski definition) is 1. The van der Waals surface area contributed by atoms with Crippen LogP contribution >= 0.6 is 11.6 Å². The van der Waals surface area contributed by atoms with Crippen LogP contribution in [0.4, 0.5) is 4.39 Å². The average Bonchev–Trinajstić information content (AvgIpc) is 2.20. The van der Waals surface area contributed by atoms with E-state index in [2.05, 4.69) is 4.98 Å². The van der Waals surface area contributed by atoms with E-state index >= 15 is 0 Å². The van der Waals surface area contributed by atoms with E-state index in [4.69, 9.17) is 26.2 Å². The fraction of sp³-hybridized carbons (Fsp3) is 0.250. The normalized spacial score (nSPS) is 9.87. The molecule has 15 heavy (non-hydrogen) atoms. The van der Waals surface area contributed by atoms with Crippen LogP contribution in [0, 0.1) is 5.95 Å². The lowest BCUT2D eigenvalue weighted by Gasteiger charge is -2.11. The molecule has 0 aromatic carbocycles. The molecule has 1 aromatic heterocycles. The molecular weight excluding hydrogens is 229 g/mol. The van der Waals surface area contributed by atoms with Crippen LogP contribution in [0.5, 0.6) is 11.5 Å². The van der Waals surface area contributed by atoms with Crippen LogP contribution in [0.1, 0.15) is 10.5 Å². The summed E-state index contributed by atoms with van der Waals surface area (Å²) in [5.41, 5.74) is -0.587. The molecule has 0 radical (unpaired) electrons. The van der Waals surface area contributed by atoms with Crippen LogP contribution in [0.3, 0.4) is 0 Å². The first-order valence-corrected chi connectivity index (χ1v) is 4.11. The number of pyridine rings is 1. The Balaban J connectivity index is 3.54. The summed E-state index contributed by atoms with van der Waals surface area (Å²) in [6.45, 7) is 0. The highest BCUT2D eigenvalue weighted by atomic mass is 35.5. The summed E-state index contributed by atoms with van der Waals surface area (Å²) in [6, 6.07) is 0. The van der Waals surface area contributed by atoms with Gasteiger partial charge in [-0.05, 0) is 0 Å². The van der Waals surface area contributed by atoms with Gasteiger partial charge in [0.15, 0.2) is 17.2 Å². The smallest absolute Gasteiger partial charge is 0.358 e. The van der Waals surface area contributed by atoms with Crippen LogP contribution in [0.15, 0.2) is 0 Å². The average molecular weight is 236 g/mol. The molecule has 1 aromatic rings. The standard InChI is InChI=1S/C8H7ClFNO4/c1-14-5-3(9)7(10)11-4(8(12)13)6(5)15-2/h1-2H3,(H,12,13). The van der Waals surface area contributed by atoms with E-state index in [0.29, 0.717) is 0 Å². The molecule has 82 valence electrons. The maximum absolute atomic E-state index is 13.1. The van der Waals surface area contributed by atoms with Gasteiger partial charge in [-0.2, -0.15) is 4.39 Å². The molecule has 0 bridgehead atoms. The fourth-order valence-corrected chi connectivity index (χ4v) is 1.22. The zero-order valence-electron chi connectivity index (χ0n) is 7.88. The Morgan fingerprint density at radius 2 is 1.93 bits per heavy atom. The van der Waals surface area contributed by atoms with Crippen molar-refractivity contribution in [2.24, 2.45) is 0 Å². The molecule has 0 spiro atoms. The zero-order valence-corrected chi connectivity index (χ0v) is 8.63. The van der Waals surface area contributed by atoms with Crippen LogP contribution in [0.25, 0.3) is 0 Å². The predicted molar refractivity (Wildman–Crippen MR) is 49.3 cm³/mol. The SMILES string of the molecule is COc1c(C(=O)O)nc(F)c(Cl)c1OC. The molecule has 0 atom stereocenters. The fourth-order valence-electron chi connectivity index (χ4n) is 1.02. The summed E-state index contributed by atoms with van der Waals surface area (Å²) < 4.78 is 22.5. The Morgan fingerprint density at radius 3 is 2.33 bits per heavy atom. The number of methoxy groups -OCH3 is 2. The number of ether oxygens (including phenoxy) is 2.